The number of nitrogens with two attached hydrogens (primary N) is 1. The summed E-state index contributed by atoms with van der Waals surface area (Å²) in [5.41, 5.74) is 5.87. The number of anilines is 1. The molecule has 0 saturated carbocycles. The third-order valence-corrected chi connectivity index (χ3v) is 3.80. The number of benzene rings is 1. The fourth-order valence-electron chi connectivity index (χ4n) is 1.86. The van der Waals surface area contributed by atoms with Gasteiger partial charge in [-0.3, -0.25) is 0 Å². The van der Waals surface area contributed by atoms with Gasteiger partial charge < -0.3 is 5.73 Å². The quantitative estimate of drug-likeness (QED) is 0.832. The van der Waals surface area contributed by atoms with E-state index in [1.807, 2.05) is 0 Å². The second kappa shape index (κ2) is 5.16. The zero-order valence-corrected chi connectivity index (χ0v) is 11.8. The Labute approximate surface area is 115 Å². The van der Waals surface area contributed by atoms with Crippen LogP contribution in [0.3, 0.4) is 0 Å². The van der Waals surface area contributed by atoms with E-state index >= 15 is 0 Å². The van der Waals surface area contributed by atoms with Crippen LogP contribution in [0.15, 0.2) is 18.2 Å². The number of hydrogen-bond acceptors (Lipinski definition) is 6. The lowest BCUT2D eigenvalue weighted by Gasteiger charge is -2.12. The van der Waals surface area contributed by atoms with E-state index in [0.29, 0.717) is 11.4 Å². The lowest BCUT2D eigenvalue weighted by Crippen LogP contribution is -2.18. The number of nitrogens with zero attached hydrogens (tertiary/aromatic N) is 4. The van der Waals surface area contributed by atoms with Crippen LogP contribution in [0.1, 0.15) is 13.0 Å². The van der Waals surface area contributed by atoms with Crippen LogP contribution in [0.5, 0.6) is 0 Å². The van der Waals surface area contributed by atoms with Crippen molar-refractivity contribution in [1.29, 1.82) is 0 Å². The Morgan fingerprint density at radius 3 is 2.75 bits per heavy atom. The van der Waals surface area contributed by atoms with Gasteiger partial charge in [0.2, 0.25) is 0 Å². The Balaban J connectivity index is 2.39. The molecule has 0 amide bonds. The van der Waals surface area contributed by atoms with Crippen LogP contribution in [0.25, 0.3) is 11.4 Å². The first-order valence-corrected chi connectivity index (χ1v) is 7.85. The van der Waals surface area contributed by atoms with E-state index in [-0.39, 0.29) is 11.4 Å². The van der Waals surface area contributed by atoms with Crippen LogP contribution < -0.4 is 5.73 Å². The Bertz CT molecular complexity index is 728. The molecule has 2 rings (SSSR count). The Morgan fingerprint density at radius 1 is 1.45 bits per heavy atom. The van der Waals surface area contributed by atoms with Crippen molar-refractivity contribution in [1.82, 2.24) is 20.2 Å². The highest BCUT2D eigenvalue weighted by atomic mass is 32.2. The molecule has 108 valence electrons. The van der Waals surface area contributed by atoms with Crippen molar-refractivity contribution >= 4 is 15.5 Å². The van der Waals surface area contributed by atoms with E-state index < -0.39 is 21.7 Å². The first kappa shape index (κ1) is 14.4. The first-order valence-electron chi connectivity index (χ1n) is 5.79. The first-order chi connectivity index (χ1) is 9.28. The molecule has 1 aromatic heterocycles. The number of hydrogen-bond donors (Lipinski definition) is 1. The lowest BCUT2D eigenvalue weighted by atomic mass is 10.2. The summed E-state index contributed by atoms with van der Waals surface area (Å²) in [7, 11) is -3.17. The predicted molar refractivity (Wildman–Crippen MR) is 72.0 cm³/mol. The van der Waals surface area contributed by atoms with E-state index in [9.17, 15) is 12.8 Å². The second-order valence-electron chi connectivity index (χ2n) is 4.62. The summed E-state index contributed by atoms with van der Waals surface area (Å²) < 4.78 is 37.5. The summed E-state index contributed by atoms with van der Waals surface area (Å²) in [4.78, 5) is 0. The van der Waals surface area contributed by atoms with Crippen molar-refractivity contribution in [3.8, 4) is 11.4 Å². The summed E-state index contributed by atoms with van der Waals surface area (Å²) in [5.74, 6) is -0.393. The lowest BCUT2D eigenvalue weighted by molar-refractivity contribution is 0.509. The highest BCUT2D eigenvalue weighted by Crippen LogP contribution is 2.23. The minimum Gasteiger partial charge on any atom is -0.396 e. The molecule has 0 bridgehead atoms. The molecule has 0 saturated heterocycles. The highest BCUT2D eigenvalue weighted by Gasteiger charge is 2.19. The van der Waals surface area contributed by atoms with Gasteiger partial charge in [0.15, 0.2) is 5.82 Å². The SMILES string of the molecule is CC(CS(C)(=O)=O)n1nnnc1-c1ccc(N)c(F)c1. The second-order valence-corrected chi connectivity index (χ2v) is 6.81. The number of nitrogen functional groups attached to an aromatic ring is 1. The van der Waals surface area contributed by atoms with Crippen LogP contribution in [0, 0.1) is 5.82 Å². The average Bonchev–Trinajstić information content (AvgIpc) is 2.79. The topological polar surface area (TPSA) is 104 Å². The molecule has 1 aromatic carbocycles. The maximum Gasteiger partial charge on any atom is 0.182 e. The maximum atomic E-state index is 13.5. The van der Waals surface area contributed by atoms with E-state index in [2.05, 4.69) is 15.5 Å². The Hall–Kier alpha value is -2.03. The molecular weight excluding hydrogens is 285 g/mol. The van der Waals surface area contributed by atoms with Gasteiger partial charge >= 0.3 is 0 Å². The summed E-state index contributed by atoms with van der Waals surface area (Å²) in [6.07, 6.45) is 1.14. The summed E-state index contributed by atoms with van der Waals surface area (Å²) in [6, 6.07) is 3.74. The molecule has 0 aliphatic carbocycles. The number of sulfone groups is 1. The largest absolute Gasteiger partial charge is 0.396 e. The van der Waals surface area contributed by atoms with Crippen molar-refractivity contribution in [3.63, 3.8) is 0 Å². The van der Waals surface area contributed by atoms with Crippen molar-refractivity contribution in [2.24, 2.45) is 0 Å². The third kappa shape index (κ3) is 3.10. The standard InChI is InChI=1S/C11H14FN5O2S/c1-7(6-20(2,18)19)17-11(14-15-16-17)8-3-4-10(13)9(12)5-8/h3-5,7H,6,13H2,1-2H3. The van der Waals surface area contributed by atoms with Crippen molar-refractivity contribution in [2.45, 2.75) is 13.0 Å². The van der Waals surface area contributed by atoms with Gasteiger partial charge in [-0.15, -0.1) is 5.10 Å². The molecule has 0 spiro atoms. The molecule has 1 heterocycles. The molecule has 0 fully saturated rings. The molecule has 9 heteroatoms. The Morgan fingerprint density at radius 2 is 2.15 bits per heavy atom. The zero-order chi connectivity index (χ0) is 14.9. The molecule has 0 aliphatic heterocycles. The minimum atomic E-state index is -3.17. The van der Waals surface area contributed by atoms with Gasteiger partial charge in [0.05, 0.1) is 17.5 Å². The zero-order valence-electron chi connectivity index (χ0n) is 11.0. The van der Waals surface area contributed by atoms with Gasteiger partial charge in [-0.1, -0.05) is 0 Å². The molecule has 2 N–H and O–H groups in total. The summed E-state index contributed by atoms with van der Waals surface area (Å²) in [5, 5.41) is 11.1. The van der Waals surface area contributed by atoms with Crippen molar-refractivity contribution in [2.75, 3.05) is 17.7 Å². The van der Waals surface area contributed by atoms with Crippen LogP contribution >= 0.6 is 0 Å². The van der Waals surface area contributed by atoms with Gasteiger partial charge in [0, 0.05) is 11.8 Å². The van der Waals surface area contributed by atoms with E-state index in [4.69, 9.17) is 5.73 Å². The van der Waals surface area contributed by atoms with Crippen LogP contribution in [-0.2, 0) is 9.84 Å². The summed E-state index contributed by atoms with van der Waals surface area (Å²) >= 11 is 0. The van der Waals surface area contributed by atoms with Gasteiger partial charge in [-0.05, 0) is 35.5 Å². The van der Waals surface area contributed by atoms with E-state index in [1.54, 1.807) is 13.0 Å². The highest BCUT2D eigenvalue weighted by molar-refractivity contribution is 7.90. The van der Waals surface area contributed by atoms with Crippen molar-refractivity contribution < 1.29 is 12.8 Å². The number of halogens is 1. The van der Waals surface area contributed by atoms with Gasteiger partial charge in [-0.2, -0.15) is 0 Å². The van der Waals surface area contributed by atoms with E-state index in [0.717, 1.165) is 6.26 Å². The fraction of sp³-hybridized carbons (Fsp3) is 0.364. The molecule has 2 aromatic rings. The molecule has 1 unspecified atom stereocenters. The van der Waals surface area contributed by atoms with Crippen molar-refractivity contribution in [3.05, 3.63) is 24.0 Å². The fourth-order valence-corrected chi connectivity index (χ4v) is 2.87. The monoisotopic (exact) mass is 299 g/mol. The van der Waals surface area contributed by atoms with Crippen LogP contribution in [-0.4, -0.2) is 40.6 Å². The van der Waals surface area contributed by atoms with E-state index in [1.165, 1.54) is 16.8 Å². The van der Waals surface area contributed by atoms with Crippen LogP contribution in [0.4, 0.5) is 10.1 Å². The minimum absolute atomic E-state index is 0.0250. The van der Waals surface area contributed by atoms with Gasteiger partial charge in [0.25, 0.3) is 0 Å². The maximum absolute atomic E-state index is 13.5. The molecule has 1 atom stereocenters. The number of rotatable bonds is 4. The molecular formula is C11H14FN5O2S. The summed E-state index contributed by atoms with van der Waals surface area (Å²) in [6.45, 7) is 1.68. The van der Waals surface area contributed by atoms with Crippen LogP contribution in [0.2, 0.25) is 0 Å². The van der Waals surface area contributed by atoms with Gasteiger partial charge in [0.1, 0.15) is 15.7 Å². The molecule has 7 nitrogen and oxygen atoms in total. The smallest absolute Gasteiger partial charge is 0.182 e. The predicted octanol–water partition coefficient (Wildman–Crippen LogP) is 0.667. The Kier molecular flexibility index (Phi) is 3.71. The number of tetrazole rings is 1. The number of aromatic nitrogens is 4. The normalized spacial score (nSPS) is 13.3. The average molecular weight is 299 g/mol. The molecule has 0 radical (unpaired) electrons. The third-order valence-electron chi connectivity index (χ3n) is 2.71. The molecule has 0 aliphatic rings. The van der Waals surface area contributed by atoms with Gasteiger partial charge in [-0.25, -0.2) is 17.5 Å². The molecule has 20 heavy (non-hydrogen) atoms.